The zero-order chi connectivity index (χ0) is 25.0. The number of hydrogen-bond donors (Lipinski definition) is 1. The molecule has 0 saturated carbocycles. The molecule has 2 atom stereocenters. The molecule has 1 saturated heterocycles. The fourth-order valence-corrected chi connectivity index (χ4v) is 7.11. The minimum Gasteiger partial charge on any atom is -0.400 e. The molecule has 3 aliphatic heterocycles. The fraction of sp³-hybridized carbons (Fsp3) is 0.385. The number of rotatable bonds is 4. The van der Waals surface area contributed by atoms with Gasteiger partial charge < -0.3 is 15.4 Å². The Bertz CT molecular complexity index is 1490. The summed E-state index contributed by atoms with van der Waals surface area (Å²) in [4.78, 5) is 17.0. The first-order chi connectivity index (χ1) is 17.5. The fourth-order valence-electron chi connectivity index (χ4n) is 5.60. The van der Waals surface area contributed by atoms with Gasteiger partial charge in [0.1, 0.15) is 6.07 Å². The Labute approximate surface area is 215 Å². The van der Waals surface area contributed by atoms with Crippen LogP contribution < -0.4 is 15.9 Å². The highest BCUT2D eigenvalue weighted by atomic mass is 32.2. The van der Waals surface area contributed by atoms with Crippen LogP contribution in [0.5, 0.6) is 0 Å². The normalized spacial score (nSPS) is 19.1. The number of pyridine rings is 1. The van der Waals surface area contributed by atoms with Crippen LogP contribution in [0.2, 0.25) is 0 Å². The van der Waals surface area contributed by atoms with Gasteiger partial charge in [-0.2, -0.15) is 5.26 Å². The lowest BCUT2D eigenvalue weighted by molar-refractivity contribution is 0.135. The van der Waals surface area contributed by atoms with Gasteiger partial charge >= 0.3 is 0 Å². The van der Waals surface area contributed by atoms with Crippen LogP contribution in [0.4, 0.5) is 10.3 Å². The quantitative estimate of drug-likeness (QED) is 0.509. The molecular formula is C26H26FN6OPS. The van der Waals surface area contributed by atoms with Gasteiger partial charge in [-0.25, -0.2) is 14.4 Å². The van der Waals surface area contributed by atoms with E-state index in [0.29, 0.717) is 46.7 Å². The van der Waals surface area contributed by atoms with Gasteiger partial charge in [0.15, 0.2) is 5.82 Å². The van der Waals surface area contributed by atoms with Crippen molar-refractivity contribution >= 4 is 48.7 Å². The van der Waals surface area contributed by atoms with Gasteiger partial charge in [-0.3, -0.25) is 4.98 Å². The van der Waals surface area contributed by atoms with Crippen LogP contribution in [-0.4, -0.2) is 33.8 Å². The number of nitrogens with two attached hydrogens (primary N) is 1. The summed E-state index contributed by atoms with van der Waals surface area (Å²) >= 11 is 1.30. The van der Waals surface area contributed by atoms with Gasteiger partial charge in [-0.05, 0) is 29.9 Å². The van der Waals surface area contributed by atoms with Crippen molar-refractivity contribution in [2.24, 2.45) is 11.7 Å². The smallest absolute Gasteiger partial charge is 0.225 e. The molecule has 1 unspecified atom stereocenters. The van der Waals surface area contributed by atoms with Crippen LogP contribution in [0.25, 0.3) is 27.7 Å². The summed E-state index contributed by atoms with van der Waals surface area (Å²) in [6, 6.07) is 2.20. The summed E-state index contributed by atoms with van der Waals surface area (Å²) in [5.41, 5.74) is 11.5. The summed E-state index contributed by atoms with van der Waals surface area (Å²) in [6.45, 7) is 4.98. The molecule has 0 aliphatic carbocycles. The third-order valence-corrected chi connectivity index (χ3v) is 9.03. The van der Waals surface area contributed by atoms with Crippen LogP contribution in [0.1, 0.15) is 42.9 Å². The Kier molecular flexibility index (Phi) is 6.07. The molecule has 1 fully saturated rings. The van der Waals surface area contributed by atoms with Crippen molar-refractivity contribution in [2.45, 2.75) is 44.3 Å². The average Bonchev–Trinajstić information content (AvgIpc) is 3.55. The summed E-state index contributed by atoms with van der Waals surface area (Å²) in [5, 5.41) is 11.7. The van der Waals surface area contributed by atoms with E-state index in [9.17, 15) is 9.65 Å². The van der Waals surface area contributed by atoms with Crippen molar-refractivity contribution < 1.29 is 9.13 Å². The number of fused-ring (bicyclic) bond motifs is 4. The molecule has 0 bridgehead atoms. The number of thioether (sulfide) groups is 1. The van der Waals surface area contributed by atoms with Gasteiger partial charge in [0.2, 0.25) is 5.95 Å². The molecule has 1 aromatic carbocycles. The number of hydrogen-bond acceptors (Lipinski definition) is 8. The van der Waals surface area contributed by atoms with Gasteiger partial charge in [-0.15, -0.1) is 21.0 Å². The monoisotopic (exact) mass is 520 g/mol. The maximum absolute atomic E-state index is 14.8. The average molecular weight is 521 g/mol. The van der Waals surface area contributed by atoms with Crippen LogP contribution in [-0.2, 0) is 18.0 Å². The van der Waals surface area contributed by atoms with Crippen molar-refractivity contribution in [2.75, 3.05) is 23.7 Å². The molecule has 3 aromatic rings. The summed E-state index contributed by atoms with van der Waals surface area (Å²) in [7, 11) is 2.82. The molecule has 3 aliphatic rings. The highest BCUT2D eigenvalue weighted by Crippen LogP contribution is 2.44. The lowest BCUT2D eigenvalue weighted by Gasteiger charge is -2.23. The molecule has 0 radical (unpaired) electrons. The summed E-state index contributed by atoms with van der Waals surface area (Å²) in [6.07, 6.45) is 6.68. The van der Waals surface area contributed by atoms with Crippen molar-refractivity contribution in [3.05, 3.63) is 40.6 Å². The van der Waals surface area contributed by atoms with Crippen LogP contribution >= 0.6 is 21.0 Å². The SMILES string of the molecule is CCC[C@@H]1CCN(c2ncc3c4c(c(-c5ncc(F)c6c5C(C#N)=C(N)CS6)c(P)c3n2)COC4)C1. The summed E-state index contributed by atoms with van der Waals surface area (Å²) in [5.74, 6) is 1.32. The highest BCUT2D eigenvalue weighted by molar-refractivity contribution is 7.99. The minimum atomic E-state index is -0.446. The number of nitrogens with zero attached hydrogens (tertiary/aromatic N) is 5. The molecule has 184 valence electrons. The van der Waals surface area contributed by atoms with Gasteiger partial charge in [0.05, 0.1) is 41.1 Å². The van der Waals surface area contributed by atoms with E-state index in [1.807, 2.05) is 6.20 Å². The molecule has 0 amide bonds. The first-order valence-electron chi connectivity index (χ1n) is 12.1. The third kappa shape index (κ3) is 3.66. The zero-order valence-corrected chi connectivity index (χ0v) is 21.9. The van der Waals surface area contributed by atoms with Crippen molar-refractivity contribution in [1.82, 2.24) is 15.0 Å². The van der Waals surface area contributed by atoms with Crippen LogP contribution in [0.15, 0.2) is 23.0 Å². The minimum absolute atomic E-state index is 0.283. The number of ether oxygens (including phenoxy) is 1. The first-order valence-corrected chi connectivity index (χ1v) is 13.7. The van der Waals surface area contributed by atoms with E-state index in [0.717, 1.165) is 58.4 Å². The molecule has 2 N–H and O–H groups in total. The number of aromatic nitrogens is 3. The van der Waals surface area contributed by atoms with E-state index in [2.05, 4.69) is 32.1 Å². The number of benzene rings is 1. The van der Waals surface area contributed by atoms with Crippen LogP contribution in [0, 0.1) is 23.1 Å². The van der Waals surface area contributed by atoms with Crippen molar-refractivity contribution in [3.8, 4) is 17.3 Å². The standard InChI is InChI=1S/C26H26FN6OPS/c1-2-3-13-4-5-33(9-13)26-31-7-15-16-10-34-11-17(16)20(24(35)22(15)32-26)23-21-14(6-28)19(29)12-36-25(21)18(27)8-30-23/h7-8,13H,2-5,9-12,29,35H2,1H3/t13-/m1/s1. The third-order valence-electron chi connectivity index (χ3n) is 7.33. The molecule has 7 nitrogen and oxygen atoms in total. The molecule has 2 aromatic heterocycles. The lowest BCUT2D eigenvalue weighted by Crippen LogP contribution is -2.23. The number of nitriles is 1. The van der Waals surface area contributed by atoms with E-state index in [1.165, 1.54) is 30.8 Å². The molecule has 10 heteroatoms. The molecule has 0 spiro atoms. The van der Waals surface area contributed by atoms with Crippen molar-refractivity contribution in [1.29, 1.82) is 5.26 Å². The first kappa shape index (κ1) is 23.6. The van der Waals surface area contributed by atoms with E-state index < -0.39 is 5.82 Å². The maximum Gasteiger partial charge on any atom is 0.225 e. The number of allylic oxidation sites excluding steroid dienone is 1. The molecule has 5 heterocycles. The van der Waals surface area contributed by atoms with Gasteiger partial charge in [-0.1, -0.05) is 13.3 Å². The Morgan fingerprint density at radius 3 is 2.92 bits per heavy atom. The van der Waals surface area contributed by atoms with E-state index in [4.69, 9.17) is 20.4 Å². The maximum atomic E-state index is 14.8. The number of anilines is 1. The lowest BCUT2D eigenvalue weighted by atomic mass is 9.92. The second-order valence-corrected chi connectivity index (χ2v) is 11.1. The van der Waals surface area contributed by atoms with E-state index in [1.54, 1.807) is 0 Å². The van der Waals surface area contributed by atoms with Crippen molar-refractivity contribution in [3.63, 3.8) is 0 Å². The highest BCUT2D eigenvalue weighted by Gasteiger charge is 2.32. The predicted molar refractivity (Wildman–Crippen MR) is 143 cm³/mol. The zero-order valence-electron chi connectivity index (χ0n) is 20.0. The van der Waals surface area contributed by atoms with E-state index >= 15 is 0 Å². The molecular weight excluding hydrogens is 494 g/mol. The Balaban J connectivity index is 1.57. The van der Waals surface area contributed by atoms with E-state index in [-0.39, 0.29) is 5.57 Å². The largest absolute Gasteiger partial charge is 0.400 e. The summed E-state index contributed by atoms with van der Waals surface area (Å²) < 4.78 is 20.7. The second kappa shape index (κ2) is 9.26. The topological polar surface area (TPSA) is 101 Å². The van der Waals surface area contributed by atoms with Gasteiger partial charge in [0, 0.05) is 52.6 Å². The molecule has 6 rings (SSSR count). The second-order valence-electron chi connectivity index (χ2n) is 9.52. The predicted octanol–water partition coefficient (Wildman–Crippen LogP) is 4.29. The Morgan fingerprint density at radius 2 is 2.11 bits per heavy atom. The number of halogens is 1. The Hall–Kier alpha value is -2.79. The van der Waals surface area contributed by atoms with Gasteiger partial charge in [0.25, 0.3) is 0 Å². The van der Waals surface area contributed by atoms with Crippen LogP contribution in [0.3, 0.4) is 0 Å². The Morgan fingerprint density at radius 1 is 1.28 bits per heavy atom. The molecule has 36 heavy (non-hydrogen) atoms.